The van der Waals surface area contributed by atoms with Crippen molar-refractivity contribution in [2.45, 2.75) is 38.6 Å². The van der Waals surface area contributed by atoms with Crippen LogP contribution in [0.25, 0.3) is 11.3 Å². The van der Waals surface area contributed by atoms with E-state index in [1.807, 2.05) is 56.3 Å². The number of fused-ring (bicyclic) bond motifs is 1. The SMILES string of the molecule is Cc1ccc(C)c(OC(C)C(=O)Nc2ccccc2-c2cn3c(n2)SCC3)c1. The molecule has 28 heavy (non-hydrogen) atoms. The maximum absolute atomic E-state index is 12.8. The van der Waals surface area contributed by atoms with Crippen LogP contribution >= 0.6 is 11.8 Å². The zero-order valence-corrected chi connectivity index (χ0v) is 17.0. The van der Waals surface area contributed by atoms with E-state index in [1.54, 1.807) is 18.7 Å². The first-order chi connectivity index (χ1) is 13.5. The predicted octanol–water partition coefficient (Wildman–Crippen LogP) is 4.68. The largest absolute Gasteiger partial charge is 0.481 e. The van der Waals surface area contributed by atoms with Gasteiger partial charge in [-0.2, -0.15) is 0 Å². The number of imidazole rings is 1. The van der Waals surface area contributed by atoms with Gasteiger partial charge in [-0.15, -0.1) is 0 Å². The summed E-state index contributed by atoms with van der Waals surface area (Å²) in [6.07, 6.45) is 1.44. The molecule has 144 valence electrons. The standard InChI is InChI=1S/C22H23N3O2S/c1-14-8-9-15(2)20(12-14)27-16(3)21(26)23-18-7-5-4-6-17(18)19-13-25-10-11-28-22(25)24-19/h4-9,12-13,16H,10-11H2,1-3H3,(H,23,26). The molecule has 2 heterocycles. The van der Waals surface area contributed by atoms with Crippen LogP contribution in [0.2, 0.25) is 0 Å². The Bertz CT molecular complexity index is 1010. The lowest BCUT2D eigenvalue weighted by atomic mass is 10.1. The van der Waals surface area contributed by atoms with Crippen molar-refractivity contribution in [1.82, 2.24) is 9.55 Å². The third kappa shape index (κ3) is 3.78. The van der Waals surface area contributed by atoms with Gasteiger partial charge in [0.05, 0.1) is 11.4 Å². The van der Waals surface area contributed by atoms with Gasteiger partial charge in [-0.25, -0.2) is 4.98 Å². The summed E-state index contributed by atoms with van der Waals surface area (Å²) in [4.78, 5) is 17.5. The van der Waals surface area contributed by atoms with Crippen LogP contribution in [0.1, 0.15) is 18.1 Å². The first kappa shape index (κ1) is 18.6. The summed E-state index contributed by atoms with van der Waals surface area (Å²) in [6, 6.07) is 13.7. The van der Waals surface area contributed by atoms with Gasteiger partial charge in [-0.1, -0.05) is 42.1 Å². The Morgan fingerprint density at radius 3 is 2.89 bits per heavy atom. The average molecular weight is 394 g/mol. The fourth-order valence-electron chi connectivity index (χ4n) is 3.17. The minimum absolute atomic E-state index is 0.186. The molecule has 1 atom stereocenters. The molecule has 1 aromatic heterocycles. The highest BCUT2D eigenvalue weighted by Gasteiger charge is 2.20. The number of benzene rings is 2. The quantitative estimate of drug-likeness (QED) is 0.684. The Kier molecular flexibility index (Phi) is 5.13. The minimum atomic E-state index is -0.615. The number of aryl methyl sites for hydroxylation is 3. The highest BCUT2D eigenvalue weighted by molar-refractivity contribution is 7.99. The van der Waals surface area contributed by atoms with Crippen molar-refractivity contribution in [2.75, 3.05) is 11.1 Å². The molecule has 0 fully saturated rings. The molecule has 1 aliphatic heterocycles. The van der Waals surface area contributed by atoms with Crippen LogP contribution in [0.15, 0.2) is 53.8 Å². The molecule has 4 rings (SSSR count). The molecule has 1 aliphatic rings. The van der Waals surface area contributed by atoms with E-state index in [1.165, 1.54) is 0 Å². The normalized spacial score (nSPS) is 13.8. The Labute approximate surface area is 169 Å². The topological polar surface area (TPSA) is 56.1 Å². The van der Waals surface area contributed by atoms with Crippen LogP contribution in [0, 0.1) is 13.8 Å². The van der Waals surface area contributed by atoms with Crippen molar-refractivity contribution in [3.05, 3.63) is 59.8 Å². The molecule has 0 radical (unpaired) electrons. The van der Waals surface area contributed by atoms with Gasteiger partial charge < -0.3 is 14.6 Å². The zero-order valence-electron chi connectivity index (χ0n) is 16.2. The molecule has 6 heteroatoms. The summed E-state index contributed by atoms with van der Waals surface area (Å²) >= 11 is 1.76. The fraction of sp³-hybridized carbons (Fsp3) is 0.273. The number of anilines is 1. The molecule has 1 N–H and O–H groups in total. The van der Waals surface area contributed by atoms with E-state index < -0.39 is 6.10 Å². The Morgan fingerprint density at radius 1 is 1.25 bits per heavy atom. The molecule has 3 aromatic rings. The van der Waals surface area contributed by atoms with Gasteiger partial charge in [0.1, 0.15) is 5.75 Å². The summed E-state index contributed by atoms with van der Waals surface area (Å²) in [5.41, 5.74) is 4.64. The molecular formula is C22H23N3O2S. The van der Waals surface area contributed by atoms with Crippen molar-refractivity contribution in [3.63, 3.8) is 0 Å². The van der Waals surface area contributed by atoms with Crippen molar-refractivity contribution >= 4 is 23.4 Å². The van der Waals surface area contributed by atoms with Gasteiger partial charge in [-0.3, -0.25) is 4.79 Å². The van der Waals surface area contributed by atoms with Crippen LogP contribution in [-0.2, 0) is 11.3 Å². The lowest BCUT2D eigenvalue weighted by Crippen LogP contribution is -2.30. The second-order valence-electron chi connectivity index (χ2n) is 7.01. The second kappa shape index (κ2) is 7.72. The van der Waals surface area contributed by atoms with Gasteiger partial charge >= 0.3 is 0 Å². The first-order valence-electron chi connectivity index (χ1n) is 9.35. The van der Waals surface area contributed by atoms with E-state index in [-0.39, 0.29) is 5.91 Å². The third-order valence-electron chi connectivity index (χ3n) is 4.78. The molecule has 0 bridgehead atoms. The highest BCUT2D eigenvalue weighted by Crippen LogP contribution is 2.32. The molecule has 0 aliphatic carbocycles. The lowest BCUT2D eigenvalue weighted by molar-refractivity contribution is -0.122. The number of carbonyl (C=O) groups excluding carboxylic acids is 1. The monoisotopic (exact) mass is 393 g/mol. The molecule has 0 saturated carbocycles. The Hall–Kier alpha value is -2.73. The maximum Gasteiger partial charge on any atom is 0.265 e. The number of hydrogen-bond donors (Lipinski definition) is 1. The molecule has 1 unspecified atom stereocenters. The number of amides is 1. The number of aromatic nitrogens is 2. The number of nitrogens with one attached hydrogen (secondary N) is 1. The zero-order chi connectivity index (χ0) is 19.7. The van der Waals surface area contributed by atoms with Gasteiger partial charge in [0.15, 0.2) is 11.3 Å². The van der Waals surface area contributed by atoms with Crippen LogP contribution in [-0.4, -0.2) is 27.3 Å². The fourth-order valence-corrected chi connectivity index (χ4v) is 4.11. The number of rotatable bonds is 5. The van der Waals surface area contributed by atoms with E-state index >= 15 is 0 Å². The highest BCUT2D eigenvalue weighted by atomic mass is 32.2. The van der Waals surface area contributed by atoms with Crippen molar-refractivity contribution in [3.8, 4) is 17.0 Å². The number of ether oxygens (including phenoxy) is 1. The first-order valence-corrected chi connectivity index (χ1v) is 10.3. The van der Waals surface area contributed by atoms with Gasteiger partial charge in [0.25, 0.3) is 5.91 Å². The van der Waals surface area contributed by atoms with Crippen LogP contribution in [0.4, 0.5) is 5.69 Å². The van der Waals surface area contributed by atoms with Gasteiger partial charge in [-0.05, 0) is 44.0 Å². The lowest BCUT2D eigenvalue weighted by Gasteiger charge is -2.17. The molecular weight excluding hydrogens is 370 g/mol. The van der Waals surface area contributed by atoms with Crippen LogP contribution in [0.5, 0.6) is 5.75 Å². The van der Waals surface area contributed by atoms with E-state index in [4.69, 9.17) is 9.72 Å². The number of carbonyl (C=O) groups is 1. The van der Waals surface area contributed by atoms with E-state index in [0.717, 1.165) is 51.3 Å². The van der Waals surface area contributed by atoms with Gasteiger partial charge in [0.2, 0.25) is 0 Å². The summed E-state index contributed by atoms with van der Waals surface area (Å²) in [6.45, 7) is 6.72. The van der Waals surface area contributed by atoms with Crippen molar-refractivity contribution in [2.24, 2.45) is 0 Å². The van der Waals surface area contributed by atoms with Crippen LogP contribution in [0.3, 0.4) is 0 Å². The average Bonchev–Trinajstić information content (AvgIpc) is 3.27. The van der Waals surface area contributed by atoms with E-state index in [2.05, 4.69) is 16.1 Å². The summed E-state index contributed by atoms with van der Waals surface area (Å²) < 4.78 is 8.08. The number of thioether (sulfide) groups is 1. The third-order valence-corrected chi connectivity index (χ3v) is 5.75. The number of hydrogen-bond acceptors (Lipinski definition) is 4. The smallest absolute Gasteiger partial charge is 0.265 e. The number of nitrogens with zero attached hydrogens (tertiary/aromatic N) is 2. The predicted molar refractivity (Wildman–Crippen MR) is 113 cm³/mol. The summed E-state index contributed by atoms with van der Waals surface area (Å²) in [5, 5.41) is 4.04. The molecule has 0 saturated heterocycles. The van der Waals surface area contributed by atoms with E-state index in [0.29, 0.717) is 0 Å². The van der Waals surface area contributed by atoms with Crippen molar-refractivity contribution in [1.29, 1.82) is 0 Å². The number of para-hydroxylation sites is 1. The summed E-state index contributed by atoms with van der Waals surface area (Å²) in [7, 11) is 0. The minimum Gasteiger partial charge on any atom is -0.481 e. The van der Waals surface area contributed by atoms with E-state index in [9.17, 15) is 4.79 Å². The molecule has 1 amide bonds. The molecule has 5 nitrogen and oxygen atoms in total. The molecule has 2 aromatic carbocycles. The Morgan fingerprint density at radius 2 is 2.07 bits per heavy atom. The molecule has 0 spiro atoms. The summed E-state index contributed by atoms with van der Waals surface area (Å²) in [5.74, 6) is 1.61. The Balaban J connectivity index is 1.52. The second-order valence-corrected chi connectivity index (χ2v) is 8.08. The van der Waals surface area contributed by atoms with Crippen molar-refractivity contribution < 1.29 is 9.53 Å². The van der Waals surface area contributed by atoms with Crippen LogP contribution < -0.4 is 10.1 Å². The maximum atomic E-state index is 12.8. The van der Waals surface area contributed by atoms with Gasteiger partial charge in [0, 0.05) is 24.1 Å².